The molecule has 0 aliphatic rings. The van der Waals surface area contributed by atoms with E-state index >= 15 is 0 Å². The van der Waals surface area contributed by atoms with Crippen LogP contribution in [0.25, 0.3) is 0 Å². The van der Waals surface area contributed by atoms with Gasteiger partial charge in [0.2, 0.25) is 0 Å². The standard InChI is InChI=1S/C16H16N2O4S/c1-17-16(20)12-7-8-15(13(9-12)18(21)22)23-10-14(19)11-5-3-2-4-6-11/h2-9,14,19H,10H2,1H3,(H,17,20)/t14-/m0/s1. The molecule has 6 nitrogen and oxygen atoms in total. The summed E-state index contributed by atoms with van der Waals surface area (Å²) >= 11 is 1.18. The van der Waals surface area contributed by atoms with Crippen LogP contribution >= 0.6 is 11.8 Å². The van der Waals surface area contributed by atoms with Crippen LogP contribution in [0, 0.1) is 10.1 Å². The summed E-state index contributed by atoms with van der Waals surface area (Å²) in [6.07, 6.45) is -0.723. The zero-order valence-corrected chi connectivity index (χ0v) is 13.2. The van der Waals surface area contributed by atoms with E-state index in [4.69, 9.17) is 0 Å². The van der Waals surface area contributed by atoms with Crippen molar-refractivity contribution in [1.29, 1.82) is 0 Å². The van der Waals surface area contributed by atoms with Gasteiger partial charge in [-0.1, -0.05) is 30.3 Å². The normalized spacial score (nSPS) is 11.7. The number of nitro groups is 1. The van der Waals surface area contributed by atoms with E-state index in [2.05, 4.69) is 5.32 Å². The molecule has 0 heterocycles. The van der Waals surface area contributed by atoms with Gasteiger partial charge in [-0.05, 0) is 17.7 Å². The number of hydrogen-bond donors (Lipinski definition) is 2. The summed E-state index contributed by atoms with van der Waals surface area (Å²) in [4.78, 5) is 22.7. The van der Waals surface area contributed by atoms with Crippen molar-refractivity contribution < 1.29 is 14.8 Å². The highest BCUT2D eigenvalue weighted by atomic mass is 32.2. The van der Waals surface area contributed by atoms with E-state index in [1.54, 1.807) is 12.1 Å². The van der Waals surface area contributed by atoms with Crippen LogP contribution in [0.3, 0.4) is 0 Å². The number of thioether (sulfide) groups is 1. The zero-order chi connectivity index (χ0) is 16.8. The topological polar surface area (TPSA) is 92.5 Å². The van der Waals surface area contributed by atoms with Gasteiger partial charge in [0.1, 0.15) is 0 Å². The Morgan fingerprint density at radius 2 is 2.00 bits per heavy atom. The van der Waals surface area contributed by atoms with Crippen molar-refractivity contribution in [2.75, 3.05) is 12.8 Å². The molecule has 0 bridgehead atoms. The number of hydrogen-bond acceptors (Lipinski definition) is 5. The van der Waals surface area contributed by atoms with Gasteiger partial charge in [0.25, 0.3) is 11.6 Å². The molecule has 23 heavy (non-hydrogen) atoms. The largest absolute Gasteiger partial charge is 0.388 e. The Kier molecular flexibility index (Phi) is 5.72. The predicted octanol–water partition coefficient (Wildman–Crippen LogP) is 2.78. The second-order valence-electron chi connectivity index (χ2n) is 4.76. The monoisotopic (exact) mass is 332 g/mol. The molecule has 0 radical (unpaired) electrons. The summed E-state index contributed by atoms with van der Waals surface area (Å²) in [6.45, 7) is 0. The van der Waals surface area contributed by atoms with Crippen molar-refractivity contribution in [1.82, 2.24) is 5.32 Å². The van der Waals surface area contributed by atoms with Gasteiger partial charge in [0.05, 0.1) is 15.9 Å². The van der Waals surface area contributed by atoms with Crippen LogP contribution in [0.2, 0.25) is 0 Å². The highest BCUT2D eigenvalue weighted by molar-refractivity contribution is 7.99. The van der Waals surface area contributed by atoms with Gasteiger partial charge in [-0.2, -0.15) is 0 Å². The highest BCUT2D eigenvalue weighted by Crippen LogP contribution is 2.32. The quantitative estimate of drug-likeness (QED) is 0.482. The lowest BCUT2D eigenvalue weighted by Gasteiger charge is -2.11. The Morgan fingerprint density at radius 1 is 1.30 bits per heavy atom. The molecule has 0 saturated heterocycles. The van der Waals surface area contributed by atoms with E-state index in [9.17, 15) is 20.0 Å². The van der Waals surface area contributed by atoms with Gasteiger partial charge in [0.15, 0.2) is 0 Å². The molecule has 0 unspecified atom stereocenters. The van der Waals surface area contributed by atoms with Crippen LogP contribution in [-0.4, -0.2) is 28.7 Å². The summed E-state index contributed by atoms with van der Waals surface area (Å²) < 4.78 is 0. The molecular weight excluding hydrogens is 316 g/mol. The molecule has 2 N–H and O–H groups in total. The SMILES string of the molecule is CNC(=O)c1ccc(SC[C@H](O)c2ccccc2)c([N+](=O)[O-])c1. The van der Waals surface area contributed by atoms with Crippen LogP contribution < -0.4 is 5.32 Å². The second kappa shape index (κ2) is 7.75. The second-order valence-corrected chi connectivity index (χ2v) is 5.82. The van der Waals surface area contributed by atoms with Gasteiger partial charge in [0, 0.05) is 24.4 Å². The first-order chi connectivity index (χ1) is 11.0. The molecule has 1 atom stereocenters. The number of nitro benzene ring substituents is 1. The first kappa shape index (κ1) is 17.0. The van der Waals surface area contributed by atoms with Crippen LogP contribution in [0.1, 0.15) is 22.0 Å². The first-order valence-corrected chi connectivity index (χ1v) is 7.88. The molecule has 7 heteroatoms. The van der Waals surface area contributed by atoms with E-state index in [-0.39, 0.29) is 22.9 Å². The maximum atomic E-state index is 11.6. The fraction of sp³-hybridized carbons (Fsp3) is 0.188. The van der Waals surface area contributed by atoms with Gasteiger partial charge >= 0.3 is 0 Å². The number of aliphatic hydroxyl groups excluding tert-OH is 1. The number of aliphatic hydroxyl groups is 1. The Bertz CT molecular complexity index is 706. The van der Waals surface area contributed by atoms with Crippen molar-refractivity contribution in [2.24, 2.45) is 0 Å². The van der Waals surface area contributed by atoms with Crippen LogP contribution in [0.5, 0.6) is 0 Å². The summed E-state index contributed by atoms with van der Waals surface area (Å²) in [5.74, 6) is -0.0987. The fourth-order valence-electron chi connectivity index (χ4n) is 2.01. The van der Waals surface area contributed by atoms with E-state index in [0.717, 1.165) is 5.56 Å². The molecule has 2 aromatic rings. The van der Waals surface area contributed by atoms with E-state index in [1.165, 1.54) is 37.0 Å². The minimum atomic E-state index is -0.723. The van der Waals surface area contributed by atoms with E-state index in [1.807, 2.05) is 18.2 Å². The number of carbonyl (C=O) groups is 1. The summed E-state index contributed by atoms with van der Waals surface area (Å²) in [6, 6.07) is 13.4. The molecule has 2 rings (SSSR count). The number of amides is 1. The van der Waals surface area contributed by atoms with Crippen molar-refractivity contribution >= 4 is 23.4 Å². The molecule has 0 aromatic heterocycles. The zero-order valence-electron chi connectivity index (χ0n) is 12.4. The third kappa shape index (κ3) is 4.30. The minimum Gasteiger partial charge on any atom is -0.388 e. The molecular formula is C16H16N2O4S. The summed E-state index contributed by atoms with van der Waals surface area (Å²) in [7, 11) is 1.47. The molecule has 0 saturated carbocycles. The van der Waals surface area contributed by atoms with Crippen molar-refractivity contribution in [3.63, 3.8) is 0 Å². The van der Waals surface area contributed by atoms with Gasteiger partial charge in [-0.15, -0.1) is 11.8 Å². The number of nitrogens with zero attached hydrogens (tertiary/aromatic N) is 1. The number of rotatable bonds is 6. The molecule has 0 spiro atoms. The number of nitrogens with one attached hydrogen (secondary N) is 1. The van der Waals surface area contributed by atoms with Gasteiger partial charge in [-0.25, -0.2) is 0 Å². The third-order valence-corrected chi connectivity index (χ3v) is 4.36. The maximum absolute atomic E-state index is 11.6. The molecule has 120 valence electrons. The molecule has 1 amide bonds. The Hall–Kier alpha value is -2.38. The highest BCUT2D eigenvalue weighted by Gasteiger charge is 2.19. The summed E-state index contributed by atoms with van der Waals surface area (Å²) in [5, 5.41) is 23.8. The van der Waals surface area contributed by atoms with Gasteiger partial charge in [-0.3, -0.25) is 14.9 Å². The summed E-state index contributed by atoms with van der Waals surface area (Å²) in [5.41, 5.74) is 0.841. The smallest absolute Gasteiger partial charge is 0.283 e. The van der Waals surface area contributed by atoms with Crippen LogP contribution in [0.15, 0.2) is 53.4 Å². The average molecular weight is 332 g/mol. The molecule has 0 aliphatic heterocycles. The molecule has 0 fully saturated rings. The van der Waals surface area contributed by atoms with E-state index < -0.39 is 11.0 Å². The number of benzene rings is 2. The lowest BCUT2D eigenvalue weighted by atomic mass is 10.1. The maximum Gasteiger partial charge on any atom is 0.283 e. The fourth-order valence-corrected chi connectivity index (χ4v) is 2.98. The predicted molar refractivity (Wildman–Crippen MR) is 88.6 cm³/mol. The Morgan fingerprint density at radius 3 is 2.61 bits per heavy atom. The Balaban J connectivity index is 2.16. The van der Waals surface area contributed by atoms with Crippen molar-refractivity contribution in [3.05, 3.63) is 69.8 Å². The Labute approximate surface area is 137 Å². The van der Waals surface area contributed by atoms with Crippen LogP contribution in [0.4, 0.5) is 5.69 Å². The first-order valence-electron chi connectivity index (χ1n) is 6.89. The minimum absolute atomic E-state index is 0.142. The van der Waals surface area contributed by atoms with Gasteiger partial charge < -0.3 is 10.4 Å². The lowest BCUT2D eigenvalue weighted by Crippen LogP contribution is -2.17. The lowest BCUT2D eigenvalue weighted by molar-refractivity contribution is -0.387. The van der Waals surface area contributed by atoms with E-state index in [0.29, 0.717) is 4.90 Å². The molecule has 2 aromatic carbocycles. The molecule has 0 aliphatic carbocycles. The third-order valence-electron chi connectivity index (χ3n) is 3.23. The van der Waals surface area contributed by atoms with Crippen molar-refractivity contribution in [2.45, 2.75) is 11.0 Å². The average Bonchev–Trinajstić information content (AvgIpc) is 2.59. The van der Waals surface area contributed by atoms with Crippen LogP contribution in [-0.2, 0) is 0 Å². The number of carbonyl (C=O) groups excluding carboxylic acids is 1. The van der Waals surface area contributed by atoms with Crippen molar-refractivity contribution in [3.8, 4) is 0 Å².